The molecule has 0 radical (unpaired) electrons. The van der Waals surface area contributed by atoms with Crippen LogP contribution in [0, 0.1) is 5.82 Å². The zero-order valence-electron chi connectivity index (χ0n) is 8.67. The SMILES string of the molecule is CC(C)Oc1c(Cl)ccc(/C(Cl)=N\O)c1F. The van der Waals surface area contributed by atoms with Crippen LogP contribution in [0.5, 0.6) is 5.75 Å². The first kappa shape index (κ1) is 13.1. The summed E-state index contributed by atoms with van der Waals surface area (Å²) in [6.07, 6.45) is -0.230. The number of hydrogen-bond acceptors (Lipinski definition) is 3. The second-order valence-corrected chi connectivity index (χ2v) is 4.06. The summed E-state index contributed by atoms with van der Waals surface area (Å²) in [6.45, 7) is 3.48. The lowest BCUT2D eigenvalue weighted by molar-refractivity contribution is 0.231. The molecule has 6 heteroatoms. The molecule has 0 aromatic heterocycles. The minimum Gasteiger partial charge on any atom is -0.486 e. The van der Waals surface area contributed by atoms with Crippen molar-refractivity contribution in [3.63, 3.8) is 0 Å². The molecule has 0 saturated carbocycles. The highest BCUT2D eigenvalue weighted by Gasteiger charge is 2.17. The highest BCUT2D eigenvalue weighted by molar-refractivity contribution is 6.69. The molecular formula is C10H10Cl2FNO2. The van der Waals surface area contributed by atoms with E-state index in [1.165, 1.54) is 12.1 Å². The van der Waals surface area contributed by atoms with E-state index in [2.05, 4.69) is 5.16 Å². The van der Waals surface area contributed by atoms with Gasteiger partial charge >= 0.3 is 0 Å². The van der Waals surface area contributed by atoms with Gasteiger partial charge in [-0.15, -0.1) is 0 Å². The quantitative estimate of drug-likeness (QED) is 0.515. The van der Waals surface area contributed by atoms with Crippen LogP contribution in [-0.2, 0) is 0 Å². The van der Waals surface area contributed by atoms with Crippen molar-refractivity contribution in [1.82, 2.24) is 0 Å². The Morgan fingerprint density at radius 3 is 2.62 bits per heavy atom. The Morgan fingerprint density at radius 2 is 2.12 bits per heavy atom. The Hall–Kier alpha value is -1.00. The van der Waals surface area contributed by atoms with Crippen molar-refractivity contribution in [1.29, 1.82) is 0 Å². The number of nitrogens with zero attached hydrogens (tertiary/aromatic N) is 1. The van der Waals surface area contributed by atoms with Gasteiger partial charge in [0.2, 0.25) is 0 Å². The summed E-state index contributed by atoms with van der Waals surface area (Å²) >= 11 is 11.3. The first-order valence-electron chi connectivity index (χ1n) is 4.50. The average Bonchev–Trinajstić information content (AvgIpc) is 2.23. The molecule has 1 aromatic carbocycles. The zero-order valence-corrected chi connectivity index (χ0v) is 10.2. The number of benzene rings is 1. The van der Waals surface area contributed by atoms with Gasteiger partial charge in [-0.3, -0.25) is 0 Å². The van der Waals surface area contributed by atoms with E-state index in [9.17, 15) is 4.39 Å². The molecule has 3 nitrogen and oxygen atoms in total. The molecule has 0 aliphatic heterocycles. The normalized spacial score (nSPS) is 12.0. The van der Waals surface area contributed by atoms with Gasteiger partial charge in [-0.2, -0.15) is 0 Å². The lowest BCUT2D eigenvalue weighted by atomic mass is 10.2. The second-order valence-electron chi connectivity index (χ2n) is 3.30. The van der Waals surface area contributed by atoms with Crippen molar-refractivity contribution < 1.29 is 14.3 Å². The summed E-state index contributed by atoms with van der Waals surface area (Å²) in [5.41, 5.74) is -0.0655. The van der Waals surface area contributed by atoms with E-state index >= 15 is 0 Å². The Kier molecular flexibility index (Phi) is 4.38. The van der Waals surface area contributed by atoms with Crippen molar-refractivity contribution in [2.75, 3.05) is 0 Å². The van der Waals surface area contributed by atoms with Crippen LogP contribution in [0.15, 0.2) is 17.3 Å². The molecule has 16 heavy (non-hydrogen) atoms. The van der Waals surface area contributed by atoms with Crippen molar-refractivity contribution in [3.05, 3.63) is 28.5 Å². The lowest BCUT2D eigenvalue weighted by Crippen LogP contribution is -2.09. The molecule has 0 saturated heterocycles. The molecule has 0 aliphatic carbocycles. The van der Waals surface area contributed by atoms with Gasteiger partial charge in [0.25, 0.3) is 0 Å². The predicted octanol–water partition coefficient (Wildman–Crippen LogP) is 3.64. The fourth-order valence-corrected chi connectivity index (χ4v) is 1.43. The average molecular weight is 266 g/mol. The molecule has 1 N–H and O–H groups in total. The summed E-state index contributed by atoms with van der Waals surface area (Å²) in [6, 6.07) is 2.73. The molecular weight excluding hydrogens is 256 g/mol. The van der Waals surface area contributed by atoms with E-state index in [-0.39, 0.29) is 27.6 Å². The van der Waals surface area contributed by atoms with Gasteiger partial charge in [-0.25, -0.2) is 4.39 Å². The summed E-state index contributed by atoms with van der Waals surface area (Å²) < 4.78 is 19.1. The van der Waals surface area contributed by atoms with Gasteiger partial charge in [-0.1, -0.05) is 28.4 Å². The van der Waals surface area contributed by atoms with Crippen LogP contribution in [0.25, 0.3) is 0 Å². The number of ether oxygens (including phenoxy) is 1. The fraction of sp³-hybridized carbons (Fsp3) is 0.300. The standard InChI is InChI=1S/C10H10Cl2FNO2/c1-5(2)16-9-7(11)4-3-6(8(9)13)10(12)14-15/h3-5,15H,1-2H3/b14-10+. The first-order valence-corrected chi connectivity index (χ1v) is 5.25. The highest BCUT2D eigenvalue weighted by atomic mass is 35.5. The van der Waals surface area contributed by atoms with Crippen molar-refractivity contribution in [3.8, 4) is 5.75 Å². The van der Waals surface area contributed by atoms with E-state index in [1.54, 1.807) is 13.8 Å². The molecule has 0 atom stereocenters. The molecule has 0 fully saturated rings. The maximum atomic E-state index is 13.8. The van der Waals surface area contributed by atoms with E-state index in [4.69, 9.17) is 33.1 Å². The molecule has 0 aliphatic rings. The molecule has 0 bridgehead atoms. The van der Waals surface area contributed by atoms with Crippen molar-refractivity contribution in [2.24, 2.45) is 5.16 Å². The van der Waals surface area contributed by atoms with Crippen molar-refractivity contribution >= 4 is 28.4 Å². The second kappa shape index (κ2) is 5.37. The van der Waals surface area contributed by atoms with Crippen LogP contribution in [0.2, 0.25) is 5.02 Å². The van der Waals surface area contributed by atoms with Crippen LogP contribution < -0.4 is 4.74 Å². The van der Waals surface area contributed by atoms with Crippen LogP contribution in [0.3, 0.4) is 0 Å². The summed E-state index contributed by atoms with van der Waals surface area (Å²) in [5.74, 6) is -0.847. The third kappa shape index (κ3) is 2.77. The third-order valence-electron chi connectivity index (χ3n) is 1.71. The van der Waals surface area contributed by atoms with Gasteiger partial charge in [0.15, 0.2) is 16.7 Å². The largest absolute Gasteiger partial charge is 0.486 e. The monoisotopic (exact) mass is 265 g/mol. The molecule has 0 unspecified atom stereocenters. The number of hydrogen-bond donors (Lipinski definition) is 1. The van der Waals surface area contributed by atoms with E-state index < -0.39 is 5.82 Å². The minimum absolute atomic E-state index is 0.0655. The molecule has 0 spiro atoms. The molecule has 0 amide bonds. The number of oxime groups is 1. The van der Waals surface area contributed by atoms with Crippen LogP contribution in [-0.4, -0.2) is 16.5 Å². The van der Waals surface area contributed by atoms with Gasteiger partial charge in [0.1, 0.15) is 0 Å². The maximum absolute atomic E-state index is 13.8. The maximum Gasteiger partial charge on any atom is 0.178 e. The summed E-state index contributed by atoms with van der Waals surface area (Å²) in [7, 11) is 0. The van der Waals surface area contributed by atoms with Gasteiger partial charge < -0.3 is 9.94 Å². The predicted molar refractivity (Wildman–Crippen MR) is 61.4 cm³/mol. The molecule has 1 aromatic rings. The van der Waals surface area contributed by atoms with E-state index in [0.29, 0.717) is 0 Å². The van der Waals surface area contributed by atoms with Gasteiger partial charge in [0.05, 0.1) is 16.7 Å². The molecule has 88 valence electrons. The topological polar surface area (TPSA) is 41.8 Å². The number of rotatable bonds is 3. The summed E-state index contributed by atoms with van der Waals surface area (Å²) in [4.78, 5) is 0. The highest BCUT2D eigenvalue weighted by Crippen LogP contribution is 2.31. The third-order valence-corrected chi connectivity index (χ3v) is 2.29. The van der Waals surface area contributed by atoms with Crippen LogP contribution in [0.1, 0.15) is 19.4 Å². The number of halogens is 3. The van der Waals surface area contributed by atoms with Crippen LogP contribution >= 0.6 is 23.2 Å². The molecule has 1 rings (SSSR count). The summed E-state index contributed by atoms with van der Waals surface area (Å²) in [5, 5.41) is 11.0. The molecule has 0 heterocycles. The zero-order chi connectivity index (χ0) is 12.3. The lowest BCUT2D eigenvalue weighted by Gasteiger charge is -2.13. The Balaban J connectivity index is 3.27. The van der Waals surface area contributed by atoms with Gasteiger partial charge in [0, 0.05) is 0 Å². The van der Waals surface area contributed by atoms with E-state index in [0.717, 1.165) is 0 Å². The Labute approximate surface area is 102 Å². The first-order chi connectivity index (χ1) is 7.47. The van der Waals surface area contributed by atoms with Crippen molar-refractivity contribution in [2.45, 2.75) is 20.0 Å². The van der Waals surface area contributed by atoms with Gasteiger partial charge in [-0.05, 0) is 26.0 Å². The van der Waals surface area contributed by atoms with Crippen LogP contribution in [0.4, 0.5) is 4.39 Å². The Bertz CT molecular complexity index is 422. The smallest absolute Gasteiger partial charge is 0.178 e. The fourth-order valence-electron chi connectivity index (χ4n) is 1.09. The van der Waals surface area contributed by atoms with E-state index in [1.807, 2.05) is 0 Å². The Morgan fingerprint density at radius 1 is 1.50 bits per heavy atom. The minimum atomic E-state index is -0.746.